The van der Waals surface area contributed by atoms with Gasteiger partial charge in [0.1, 0.15) is 0 Å². The van der Waals surface area contributed by atoms with Gasteiger partial charge in [-0.3, -0.25) is 0 Å². The van der Waals surface area contributed by atoms with Crippen LogP contribution in [0.1, 0.15) is 39.2 Å². The van der Waals surface area contributed by atoms with Crippen molar-refractivity contribution in [1.82, 2.24) is 15.0 Å². The van der Waals surface area contributed by atoms with Crippen LogP contribution in [0.25, 0.3) is 34.2 Å². The number of nitrogens with zero attached hydrogens (tertiary/aromatic N) is 3. The monoisotopic (exact) mass is 459 g/mol. The van der Waals surface area contributed by atoms with Gasteiger partial charge in [0.25, 0.3) is 0 Å². The predicted octanol–water partition coefficient (Wildman–Crippen LogP) is 8.69. The lowest BCUT2D eigenvalue weighted by molar-refractivity contribution is 0.957. The molecule has 0 spiro atoms. The highest BCUT2D eigenvalue weighted by Gasteiger charge is 2.12. The summed E-state index contributed by atoms with van der Waals surface area (Å²) in [6.45, 7) is 11.6. The Labute approximate surface area is 209 Å². The fraction of sp³-hybridized carbons (Fsp3) is 0.156. The zero-order valence-corrected chi connectivity index (χ0v) is 21.0. The maximum Gasteiger partial charge on any atom is 0.164 e. The molecule has 1 heterocycles. The summed E-state index contributed by atoms with van der Waals surface area (Å²) in [6, 6.07) is 28.6. The second-order valence-electron chi connectivity index (χ2n) is 8.27. The van der Waals surface area contributed by atoms with Gasteiger partial charge < -0.3 is 0 Å². The quantitative estimate of drug-likeness (QED) is 0.214. The van der Waals surface area contributed by atoms with Gasteiger partial charge in [-0.15, -0.1) is 6.58 Å². The van der Waals surface area contributed by atoms with Gasteiger partial charge in [0.05, 0.1) is 0 Å². The molecule has 176 valence electrons. The highest BCUT2D eigenvalue weighted by atomic mass is 15.0. The fourth-order valence-corrected chi connectivity index (χ4v) is 3.68. The molecule has 1 aromatic heterocycles. The SMILES string of the molecule is C/C=C\C(C)=C/[C@H](C)c1ccc(-c2nc(-c3ccccc3)nc(-c3ccccc3)n2)cc1.C=CC. The summed E-state index contributed by atoms with van der Waals surface area (Å²) in [5.41, 5.74) is 5.46. The summed E-state index contributed by atoms with van der Waals surface area (Å²) in [5, 5.41) is 0. The van der Waals surface area contributed by atoms with Gasteiger partial charge in [0, 0.05) is 16.7 Å². The lowest BCUT2D eigenvalue weighted by atomic mass is 9.97. The predicted molar refractivity (Wildman–Crippen MR) is 149 cm³/mol. The zero-order chi connectivity index (χ0) is 25.0. The van der Waals surface area contributed by atoms with E-state index in [1.165, 1.54) is 11.1 Å². The third kappa shape index (κ3) is 7.18. The van der Waals surface area contributed by atoms with Crippen molar-refractivity contribution in [3.63, 3.8) is 0 Å². The first-order valence-corrected chi connectivity index (χ1v) is 11.9. The lowest BCUT2D eigenvalue weighted by Gasteiger charge is -2.11. The maximum atomic E-state index is 4.80. The number of benzene rings is 3. The summed E-state index contributed by atoms with van der Waals surface area (Å²) in [7, 11) is 0. The highest BCUT2D eigenvalue weighted by molar-refractivity contribution is 5.66. The van der Waals surface area contributed by atoms with Crippen LogP contribution >= 0.6 is 0 Å². The van der Waals surface area contributed by atoms with Crippen LogP contribution < -0.4 is 0 Å². The molecule has 0 aliphatic carbocycles. The summed E-state index contributed by atoms with van der Waals surface area (Å²) >= 11 is 0. The molecule has 4 rings (SSSR count). The van der Waals surface area contributed by atoms with Crippen molar-refractivity contribution < 1.29 is 0 Å². The summed E-state index contributed by atoms with van der Waals surface area (Å²) in [4.78, 5) is 14.4. The van der Waals surface area contributed by atoms with E-state index in [1.54, 1.807) is 6.08 Å². The topological polar surface area (TPSA) is 38.7 Å². The van der Waals surface area contributed by atoms with Crippen molar-refractivity contribution in [2.45, 2.75) is 33.6 Å². The smallest absolute Gasteiger partial charge is 0.164 e. The van der Waals surface area contributed by atoms with E-state index in [0.717, 1.165) is 16.7 Å². The third-order valence-electron chi connectivity index (χ3n) is 5.34. The van der Waals surface area contributed by atoms with Crippen LogP contribution in [0.2, 0.25) is 0 Å². The first kappa shape index (κ1) is 25.5. The molecule has 0 unspecified atom stereocenters. The molecular formula is C32H33N3. The van der Waals surface area contributed by atoms with Crippen molar-refractivity contribution in [3.8, 4) is 34.2 Å². The second kappa shape index (κ2) is 13.0. The van der Waals surface area contributed by atoms with Crippen molar-refractivity contribution >= 4 is 0 Å². The molecule has 0 aliphatic heterocycles. The Morgan fingerprint density at radius 3 is 1.49 bits per heavy atom. The molecule has 0 N–H and O–H groups in total. The van der Waals surface area contributed by atoms with Crippen molar-refractivity contribution in [2.24, 2.45) is 0 Å². The van der Waals surface area contributed by atoms with Gasteiger partial charge in [-0.05, 0) is 32.3 Å². The molecule has 3 aromatic carbocycles. The molecule has 1 atom stereocenters. The lowest BCUT2D eigenvalue weighted by Crippen LogP contribution is -2.00. The van der Waals surface area contributed by atoms with Gasteiger partial charge in [0.15, 0.2) is 17.5 Å². The van der Waals surface area contributed by atoms with E-state index < -0.39 is 0 Å². The van der Waals surface area contributed by atoms with Crippen molar-refractivity contribution in [2.75, 3.05) is 0 Å². The minimum Gasteiger partial charge on any atom is -0.208 e. The largest absolute Gasteiger partial charge is 0.208 e. The molecule has 0 aliphatic rings. The first-order chi connectivity index (χ1) is 17.0. The molecule has 3 nitrogen and oxygen atoms in total. The molecule has 35 heavy (non-hydrogen) atoms. The normalized spacial score (nSPS) is 12.1. The average Bonchev–Trinajstić information content (AvgIpc) is 2.90. The number of hydrogen-bond donors (Lipinski definition) is 0. The van der Waals surface area contributed by atoms with E-state index in [2.05, 4.69) is 62.9 Å². The van der Waals surface area contributed by atoms with E-state index >= 15 is 0 Å². The highest BCUT2D eigenvalue weighted by Crippen LogP contribution is 2.26. The Hall–Kier alpha value is -4.11. The first-order valence-electron chi connectivity index (χ1n) is 11.9. The molecule has 3 heteroatoms. The Balaban J connectivity index is 0.00000108. The van der Waals surface area contributed by atoms with Crippen LogP contribution in [0.5, 0.6) is 0 Å². The molecule has 0 bridgehead atoms. The molecule has 0 radical (unpaired) electrons. The van der Waals surface area contributed by atoms with Crippen LogP contribution in [0.3, 0.4) is 0 Å². The van der Waals surface area contributed by atoms with Gasteiger partial charge in [-0.25, -0.2) is 15.0 Å². The van der Waals surface area contributed by atoms with Gasteiger partial charge in [-0.1, -0.05) is 122 Å². The zero-order valence-electron chi connectivity index (χ0n) is 21.0. The minimum atomic E-state index is 0.332. The van der Waals surface area contributed by atoms with Crippen molar-refractivity contribution in [1.29, 1.82) is 0 Å². The van der Waals surface area contributed by atoms with E-state index in [4.69, 9.17) is 15.0 Å². The van der Waals surface area contributed by atoms with E-state index in [1.807, 2.05) is 74.5 Å². The van der Waals surface area contributed by atoms with Crippen molar-refractivity contribution in [3.05, 3.63) is 127 Å². The fourth-order valence-electron chi connectivity index (χ4n) is 3.68. The van der Waals surface area contributed by atoms with Gasteiger partial charge in [-0.2, -0.15) is 0 Å². The van der Waals surface area contributed by atoms with Crippen LogP contribution in [-0.2, 0) is 0 Å². The summed E-state index contributed by atoms with van der Waals surface area (Å²) in [5.74, 6) is 2.37. The third-order valence-corrected chi connectivity index (χ3v) is 5.34. The Morgan fingerprint density at radius 2 is 1.09 bits per heavy atom. The van der Waals surface area contributed by atoms with Gasteiger partial charge in [0.2, 0.25) is 0 Å². The Kier molecular flexibility index (Phi) is 9.44. The average molecular weight is 460 g/mol. The number of rotatable bonds is 6. The second-order valence-corrected chi connectivity index (χ2v) is 8.27. The molecule has 4 aromatic rings. The molecule has 0 amide bonds. The van der Waals surface area contributed by atoms with Crippen LogP contribution in [0.15, 0.2) is 121 Å². The minimum absolute atomic E-state index is 0.332. The van der Waals surface area contributed by atoms with E-state index in [0.29, 0.717) is 23.4 Å². The molecule has 0 fully saturated rings. The number of allylic oxidation sites excluding steroid dienone is 5. The number of aromatic nitrogens is 3. The van der Waals surface area contributed by atoms with E-state index in [-0.39, 0.29) is 0 Å². The molecular weight excluding hydrogens is 426 g/mol. The number of hydrogen-bond acceptors (Lipinski definition) is 3. The maximum absolute atomic E-state index is 4.80. The van der Waals surface area contributed by atoms with Crippen LogP contribution in [-0.4, -0.2) is 15.0 Å². The van der Waals surface area contributed by atoms with Crippen LogP contribution in [0.4, 0.5) is 0 Å². The molecule has 0 saturated carbocycles. The summed E-state index contributed by atoms with van der Waals surface area (Å²) in [6.07, 6.45) is 8.22. The summed E-state index contributed by atoms with van der Waals surface area (Å²) < 4.78 is 0. The Morgan fingerprint density at radius 1 is 0.686 bits per heavy atom. The molecule has 0 saturated heterocycles. The van der Waals surface area contributed by atoms with E-state index in [9.17, 15) is 0 Å². The standard InChI is InChI=1S/C29H27N3.C3H6/c1-4-11-21(2)20-22(3)23-16-18-26(19-17-23)29-31-27(24-12-7-5-8-13-24)30-28(32-29)25-14-9-6-10-15-25;1-3-2/h4-20,22H,1-3H3;3H,1H2,2H3/b11-4-,21-20-;/t22-;/m0./s1. The van der Waals surface area contributed by atoms with Gasteiger partial charge >= 0.3 is 0 Å². The Bertz CT molecular complexity index is 1210. The van der Waals surface area contributed by atoms with Crippen LogP contribution in [0, 0.1) is 0 Å².